The minimum absolute atomic E-state index is 0. The molecule has 6 aromatic rings. The average Bonchev–Trinajstić information content (AvgIpc) is 3.29. The summed E-state index contributed by atoms with van der Waals surface area (Å²) in [6.07, 6.45) is 2.70. The van der Waals surface area contributed by atoms with Gasteiger partial charge in [-0.25, -0.2) is 4.79 Å². The van der Waals surface area contributed by atoms with Gasteiger partial charge in [0.05, 0.1) is 56.0 Å². The molecule has 0 bridgehead atoms. The molecule has 10 nitrogen and oxygen atoms in total. The minimum atomic E-state index is -1.31. The first kappa shape index (κ1) is 63.3. The van der Waals surface area contributed by atoms with Gasteiger partial charge in [0, 0.05) is 35.1 Å². The van der Waals surface area contributed by atoms with E-state index in [4.69, 9.17) is 14.2 Å². The van der Waals surface area contributed by atoms with Crippen LogP contribution >= 0.6 is 15.8 Å². The van der Waals surface area contributed by atoms with Crippen molar-refractivity contribution < 1.29 is 60.0 Å². The zero-order chi connectivity index (χ0) is 50.6. The number of hydrogen-bond acceptors (Lipinski definition) is 7. The molecular formula is C59H80N2O8P2Pd+4. The Labute approximate surface area is 445 Å². The molecule has 2 aliphatic heterocycles. The summed E-state index contributed by atoms with van der Waals surface area (Å²) in [5.41, 5.74) is 8.67. The van der Waals surface area contributed by atoms with Crippen molar-refractivity contribution in [2.75, 3.05) is 46.4 Å². The van der Waals surface area contributed by atoms with Gasteiger partial charge in [-0.2, -0.15) is 0 Å². The molecule has 0 radical (unpaired) electrons. The van der Waals surface area contributed by atoms with Crippen molar-refractivity contribution in [3.63, 3.8) is 0 Å². The van der Waals surface area contributed by atoms with Crippen molar-refractivity contribution in [1.29, 1.82) is 0 Å². The van der Waals surface area contributed by atoms with E-state index in [9.17, 15) is 14.4 Å². The van der Waals surface area contributed by atoms with Crippen molar-refractivity contribution in [3.8, 4) is 0 Å². The molecule has 0 saturated heterocycles. The van der Waals surface area contributed by atoms with Crippen LogP contribution in [0.25, 0.3) is 21.5 Å². The summed E-state index contributed by atoms with van der Waals surface area (Å²) >= 11 is 0. The monoisotopic (exact) mass is 1110 g/mol. The maximum absolute atomic E-state index is 13.1. The maximum Gasteiger partial charge on any atom is 2.00 e. The van der Waals surface area contributed by atoms with Gasteiger partial charge in [0.2, 0.25) is 0 Å². The number of hydrogen-bond donors (Lipinski definition) is 0. The standard InChI is InChI=1S/C24H35NO6.2C12H13P.C11H13N.2H2O.Pd/c1-9-29-21(26)19(22(27)30-14(2)3)20-18-13-16(5)15(4)12-17(18)10-11-25(20)23(28)31-24(6,7)8;2*1-13(2)12-8-7-10-5-3-4-6-11(10)9-12;1-8-5-10-3-4-12-7-11(10)6-9(8)2;;;/h12-14,19-20H,9-11H2,1-8H3;2*3-9H,1-2H3;5-7H,3-4H2,1-2H3;2*1H2;/q;;;;;;+2/p+2/t19?,20-;;;;;;/m0....../s1. The van der Waals surface area contributed by atoms with Crippen molar-refractivity contribution >= 4 is 72.2 Å². The quantitative estimate of drug-likeness (QED) is 0.0509. The van der Waals surface area contributed by atoms with Gasteiger partial charge in [0.15, 0.2) is 5.92 Å². The van der Waals surface area contributed by atoms with E-state index < -0.39 is 41.7 Å². The van der Waals surface area contributed by atoms with Crippen LogP contribution in [0.3, 0.4) is 0 Å². The molecule has 390 valence electrons. The SMILES string of the molecule is CCOC(=O)C(C(=O)OC(C)C)[C@@H]1c2cc(C)c(C)cc2CCN1C(=O)OC(C)(C)C.C[PH+](C)c1ccc2ccccc2c1.C[PH+](C)c1ccc2ccccc2c1.Cc1cc2c(cc1C)CCN=C2.O.O.[Pd+2]. The summed E-state index contributed by atoms with van der Waals surface area (Å²) in [4.78, 5) is 44.9. The largest absolute Gasteiger partial charge is 2.00 e. The molecule has 1 unspecified atom stereocenters. The van der Waals surface area contributed by atoms with E-state index in [2.05, 4.69) is 149 Å². The van der Waals surface area contributed by atoms with Gasteiger partial charge >= 0.3 is 38.5 Å². The molecule has 0 aliphatic carbocycles. The third kappa shape index (κ3) is 17.7. The number of amides is 1. The molecule has 0 aromatic heterocycles. The molecule has 2 atom stereocenters. The second kappa shape index (κ2) is 29.2. The fourth-order valence-electron chi connectivity index (χ4n) is 8.30. The number of fused-ring (bicyclic) bond motifs is 4. The van der Waals surface area contributed by atoms with E-state index in [0.29, 0.717) is 13.0 Å². The third-order valence-corrected chi connectivity index (χ3v) is 15.2. The predicted octanol–water partition coefficient (Wildman–Crippen LogP) is 10.8. The summed E-state index contributed by atoms with van der Waals surface area (Å²) < 4.78 is 16.3. The van der Waals surface area contributed by atoms with Crippen LogP contribution in [0.5, 0.6) is 0 Å². The van der Waals surface area contributed by atoms with E-state index in [0.717, 1.165) is 35.2 Å². The number of aliphatic imine (C=N–C) groups is 1. The Bertz CT molecular complexity index is 2690. The molecule has 6 aromatic carbocycles. The summed E-state index contributed by atoms with van der Waals surface area (Å²) in [6, 6.07) is 38.3. The summed E-state index contributed by atoms with van der Waals surface area (Å²) in [7, 11) is -0.605. The van der Waals surface area contributed by atoms with Gasteiger partial charge in [-0.15, -0.1) is 0 Å². The first-order chi connectivity index (χ1) is 32.7. The number of carbonyl (C=O) groups is 3. The normalized spacial score (nSPS) is 13.7. The third-order valence-electron chi connectivity index (χ3n) is 12.3. The number of esters is 2. The Balaban J connectivity index is 0.000000358. The number of ether oxygens (including phenoxy) is 3. The number of benzene rings is 6. The van der Waals surface area contributed by atoms with Gasteiger partial charge in [-0.05, 0) is 178 Å². The first-order valence-corrected chi connectivity index (χ1v) is 29.3. The van der Waals surface area contributed by atoms with E-state index >= 15 is 0 Å². The Morgan fingerprint density at radius 2 is 1.15 bits per heavy atom. The van der Waals surface area contributed by atoms with Gasteiger partial charge in [-0.3, -0.25) is 19.5 Å². The van der Waals surface area contributed by atoms with Gasteiger partial charge < -0.3 is 25.2 Å². The zero-order valence-corrected chi connectivity index (χ0v) is 48.5. The van der Waals surface area contributed by atoms with E-state index in [-0.39, 0.29) is 53.8 Å². The van der Waals surface area contributed by atoms with Gasteiger partial charge in [0.1, 0.15) is 5.60 Å². The Morgan fingerprint density at radius 1 is 0.667 bits per heavy atom. The smallest absolute Gasteiger partial charge is 0.465 e. The minimum Gasteiger partial charge on any atom is -0.465 e. The molecule has 0 fully saturated rings. The van der Waals surface area contributed by atoms with Crippen LogP contribution in [-0.2, 0) is 57.1 Å². The molecule has 2 heterocycles. The van der Waals surface area contributed by atoms with Crippen molar-refractivity contribution in [1.82, 2.24) is 4.90 Å². The fraction of sp³-hybridized carbons (Fsp3) is 0.390. The Morgan fingerprint density at radius 3 is 1.64 bits per heavy atom. The number of nitrogens with zero attached hydrogens (tertiary/aromatic N) is 2. The molecule has 0 saturated carbocycles. The molecule has 1 amide bonds. The summed E-state index contributed by atoms with van der Waals surface area (Å²) in [5.74, 6) is -2.73. The molecular weight excluding hydrogens is 1030 g/mol. The van der Waals surface area contributed by atoms with Crippen LogP contribution in [0.15, 0.2) is 114 Å². The summed E-state index contributed by atoms with van der Waals surface area (Å²) in [5, 5.41) is 8.45. The summed E-state index contributed by atoms with van der Waals surface area (Å²) in [6.45, 7) is 29.4. The number of aryl methyl sites for hydroxylation is 4. The topological polar surface area (TPSA) is 158 Å². The van der Waals surface area contributed by atoms with Gasteiger partial charge in [0.25, 0.3) is 0 Å². The molecule has 13 heteroatoms. The van der Waals surface area contributed by atoms with Crippen LogP contribution < -0.4 is 10.6 Å². The average molecular weight is 1110 g/mol. The van der Waals surface area contributed by atoms with Crippen molar-refractivity contribution in [2.45, 2.75) is 99.8 Å². The second-order valence-electron chi connectivity index (χ2n) is 19.8. The number of carbonyl (C=O) groups excluding carboxylic acids is 3. The van der Waals surface area contributed by atoms with E-state index in [1.54, 1.807) is 41.5 Å². The van der Waals surface area contributed by atoms with Crippen LogP contribution in [0.4, 0.5) is 4.79 Å². The molecule has 8 rings (SSSR count). The van der Waals surface area contributed by atoms with Crippen molar-refractivity contribution in [2.24, 2.45) is 10.9 Å². The second-order valence-corrected chi connectivity index (χ2v) is 24.9. The molecule has 72 heavy (non-hydrogen) atoms. The zero-order valence-electron chi connectivity index (χ0n) is 44.9. The van der Waals surface area contributed by atoms with Crippen LogP contribution in [0.2, 0.25) is 0 Å². The fourth-order valence-corrected chi connectivity index (χ4v) is 10.0. The molecule has 2 aliphatic rings. The van der Waals surface area contributed by atoms with E-state index in [1.807, 2.05) is 26.1 Å². The molecule has 4 N–H and O–H groups in total. The molecule has 0 spiro atoms. The van der Waals surface area contributed by atoms with Crippen LogP contribution in [-0.4, -0.2) is 98.2 Å². The van der Waals surface area contributed by atoms with Crippen molar-refractivity contribution in [3.05, 3.63) is 154 Å². The van der Waals surface area contributed by atoms with Crippen LogP contribution in [0, 0.1) is 33.6 Å². The Hall–Kier alpha value is -4.84. The van der Waals surface area contributed by atoms with Crippen LogP contribution in [0.1, 0.15) is 92.1 Å². The Kier molecular flexibility index (Phi) is 25.6. The van der Waals surface area contributed by atoms with Gasteiger partial charge in [-0.1, -0.05) is 78.9 Å². The van der Waals surface area contributed by atoms with E-state index in [1.165, 1.54) is 59.3 Å². The first-order valence-electron chi connectivity index (χ1n) is 24.3. The number of rotatable bonds is 7. The predicted molar refractivity (Wildman–Crippen MR) is 303 cm³/mol. The maximum atomic E-state index is 13.1.